The molecular weight excluding hydrogens is 464 g/mol. The van der Waals surface area contributed by atoms with Crippen molar-refractivity contribution in [3.05, 3.63) is 96.1 Å². The van der Waals surface area contributed by atoms with Crippen LogP contribution in [0.2, 0.25) is 0 Å². The fourth-order valence-electron chi connectivity index (χ4n) is 4.09. The van der Waals surface area contributed by atoms with Crippen LogP contribution in [0.5, 0.6) is 0 Å². The molecule has 0 saturated carbocycles. The summed E-state index contributed by atoms with van der Waals surface area (Å²) < 4.78 is 0. The number of carbonyl (C=O) groups is 3. The van der Waals surface area contributed by atoms with Gasteiger partial charge < -0.3 is 16.0 Å². The molecule has 1 aliphatic rings. The number of nitrogens with one attached hydrogen (secondary N) is 3. The molecule has 1 heterocycles. The monoisotopic (exact) mass is 492 g/mol. The number of nitrogens with zero attached hydrogens (tertiary/aromatic N) is 1. The number of halogens is 1. The van der Waals surface area contributed by atoms with Crippen molar-refractivity contribution >= 4 is 41.5 Å². The van der Waals surface area contributed by atoms with Gasteiger partial charge in [0.25, 0.3) is 5.91 Å². The molecule has 8 heteroatoms. The second-order valence-electron chi connectivity index (χ2n) is 8.27. The van der Waals surface area contributed by atoms with Crippen LogP contribution >= 0.6 is 12.4 Å². The van der Waals surface area contributed by atoms with Gasteiger partial charge in [-0.1, -0.05) is 66.7 Å². The van der Waals surface area contributed by atoms with E-state index in [4.69, 9.17) is 0 Å². The number of rotatable bonds is 7. The summed E-state index contributed by atoms with van der Waals surface area (Å²) in [6.45, 7) is 1.73. The van der Waals surface area contributed by atoms with Crippen LogP contribution in [-0.4, -0.2) is 36.9 Å². The van der Waals surface area contributed by atoms with E-state index in [0.717, 1.165) is 5.56 Å². The number of para-hydroxylation sites is 2. The van der Waals surface area contributed by atoms with Gasteiger partial charge in [0.15, 0.2) is 0 Å². The second kappa shape index (κ2) is 11.6. The van der Waals surface area contributed by atoms with E-state index in [0.29, 0.717) is 23.4 Å². The zero-order valence-electron chi connectivity index (χ0n) is 19.6. The predicted octanol–water partition coefficient (Wildman–Crippen LogP) is 3.47. The van der Waals surface area contributed by atoms with Gasteiger partial charge in [0, 0.05) is 17.8 Å². The largest absolute Gasteiger partial charge is 0.339 e. The van der Waals surface area contributed by atoms with Crippen LogP contribution in [0, 0.1) is 0 Å². The predicted molar refractivity (Wildman–Crippen MR) is 140 cm³/mol. The fourth-order valence-corrected chi connectivity index (χ4v) is 4.09. The summed E-state index contributed by atoms with van der Waals surface area (Å²) in [6, 6.07) is 23.6. The Morgan fingerprint density at radius 3 is 2.14 bits per heavy atom. The average Bonchev–Trinajstić information content (AvgIpc) is 3.27. The van der Waals surface area contributed by atoms with Crippen molar-refractivity contribution < 1.29 is 14.4 Å². The first-order valence-electron chi connectivity index (χ1n) is 11.3. The normalized spacial score (nSPS) is 15.8. The minimum atomic E-state index is -0.942. The van der Waals surface area contributed by atoms with Crippen molar-refractivity contribution in [1.82, 2.24) is 10.6 Å². The zero-order valence-corrected chi connectivity index (χ0v) is 20.4. The van der Waals surface area contributed by atoms with E-state index in [9.17, 15) is 14.4 Å². The summed E-state index contributed by atoms with van der Waals surface area (Å²) in [6.07, 6.45) is 0.392. The summed E-state index contributed by atoms with van der Waals surface area (Å²) in [5.74, 6) is -0.944. The van der Waals surface area contributed by atoms with Crippen molar-refractivity contribution in [2.24, 2.45) is 0 Å². The number of fused-ring (bicyclic) bond motifs is 1. The SMILES string of the molecule is CN[C@@H](C)C(=O)N[C@H](C(=O)N1c2ccccc2C[C@H]1C(=O)Nc1ccccc1)c1ccccc1.Cl. The van der Waals surface area contributed by atoms with Gasteiger partial charge in [0.2, 0.25) is 11.8 Å². The molecule has 4 rings (SSSR count). The molecule has 182 valence electrons. The second-order valence-corrected chi connectivity index (χ2v) is 8.27. The van der Waals surface area contributed by atoms with Gasteiger partial charge in [-0.05, 0) is 43.3 Å². The van der Waals surface area contributed by atoms with E-state index in [-0.39, 0.29) is 30.1 Å². The van der Waals surface area contributed by atoms with Crippen LogP contribution in [0.15, 0.2) is 84.9 Å². The highest BCUT2D eigenvalue weighted by molar-refractivity contribution is 6.09. The number of benzene rings is 3. The maximum Gasteiger partial charge on any atom is 0.254 e. The third-order valence-electron chi connectivity index (χ3n) is 6.05. The Balaban J connectivity index is 0.00000342. The Bertz CT molecular complexity index is 1170. The van der Waals surface area contributed by atoms with Crippen LogP contribution < -0.4 is 20.9 Å². The molecule has 3 atom stereocenters. The number of carbonyl (C=O) groups excluding carboxylic acids is 3. The van der Waals surface area contributed by atoms with Crippen LogP contribution in [0.4, 0.5) is 11.4 Å². The smallest absolute Gasteiger partial charge is 0.254 e. The molecule has 0 unspecified atom stereocenters. The van der Waals surface area contributed by atoms with Gasteiger partial charge in [0.05, 0.1) is 6.04 Å². The summed E-state index contributed by atoms with van der Waals surface area (Å²) in [7, 11) is 1.68. The lowest BCUT2D eigenvalue weighted by Crippen LogP contribution is -2.52. The van der Waals surface area contributed by atoms with Crippen LogP contribution in [0.3, 0.4) is 0 Å². The maximum absolute atomic E-state index is 14.0. The molecule has 3 aromatic carbocycles. The standard InChI is InChI=1S/C27H28N4O3.ClH/c1-18(28-2)25(32)30-24(19-11-5-3-6-12-19)27(34)31-22-16-10-9-13-20(22)17-23(31)26(33)29-21-14-7-4-8-15-21;/h3-16,18,23-24,28H,17H2,1-2H3,(H,29,33)(H,30,32);1H/t18-,23-,24-;/m0./s1. The van der Waals surface area contributed by atoms with E-state index in [1.54, 1.807) is 38.2 Å². The Morgan fingerprint density at radius 1 is 0.886 bits per heavy atom. The Labute approximate surface area is 211 Å². The first kappa shape index (κ1) is 25.9. The fraction of sp³-hybridized carbons (Fsp3) is 0.222. The number of hydrogen-bond acceptors (Lipinski definition) is 4. The first-order chi connectivity index (χ1) is 16.5. The minimum Gasteiger partial charge on any atom is -0.339 e. The molecule has 0 bridgehead atoms. The lowest BCUT2D eigenvalue weighted by atomic mass is 10.0. The van der Waals surface area contributed by atoms with Crippen molar-refractivity contribution in [1.29, 1.82) is 0 Å². The van der Waals surface area contributed by atoms with E-state index >= 15 is 0 Å². The van der Waals surface area contributed by atoms with Gasteiger partial charge >= 0.3 is 0 Å². The van der Waals surface area contributed by atoms with Crippen molar-refractivity contribution in [3.63, 3.8) is 0 Å². The average molecular weight is 493 g/mol. The highest BCUT2D eigenvalue weighted by Gasteiger charge is 2.41. The number of likely N-dealkylation sites (N-methyl/N-ethyl adjacent to an activating group) is 1. The molecule has 0 saturated heterocycles. The molecule has 3 amide bonds. The molecule has 7 nitrogen and oxygen atoms in total. The van der Waals surface area contributed by atoms with Gasteiger partial charge in [-0.25, -0.2) is 0 Å². The summed E-state index contributed by atoms with van der Waals surface area (Å²) in [5, 5.41) is 8.70. The van der Waals surface area contributed by atoms with Crippen molar-refractivity contribution in [2.45, 2.75) is 31.5 Å². The highest BCUT2D eigenvalue weighted by atomic mass is 35.5. The topological polar surface area (TPSA) is 90.5 Å². The van der Waals surface area contributed by atoms with Gasteiger partial charge in [-0.3, -0.25) is 19.3 Å². The Hall–Kier alpha value is -3.68. The van der Waals surface area contributed by atoms with Crippen molar-refractivity contribution in [3.8, 4) is 0 Å². The molecule has 0 aromatic heterocycles. The van der Waals surface area contributed by atoms with E-state index in [1.165, 1.54) is 4.90 Å². The summed E-state index contributed by atoms with van der Waals surface area (Å²) >= 11 is 0. The molecule has 3 N–H and O–H groups in total. The Kier molecular flexibility index (Phi) is 8.63. The molecule has 0 spiro atoms. The van der Waals surface area contributed by atoms with Crippen molar-refractivity contribution in [2.75, 3.05) is 17.3 Å². The van der Waals surface area contributed by atoms with E-state index in [1.807, 2.05) is 60.7 Å². The molecule has 0 fully saturated rings. The Morgan fingerprint density at radius 2 is 1.49 bits per heavy atom. The molecule has 3 aromatic rings. The van der Waals surface area contributed by atoms with E-state index < -0.39 is 18.1 Å². The third kappa shape index (κ3) is 5.70. The van der Waals surface area contributed by atoms with Crippen LogP contribution in [0.1, 0.15) is 24.1 Å². The van der Waals surface area contributed by atoms with Crippen LogP contribution in [0.25, 0.3) is 0 Å². The number of hydrogen-bond donors (Lipinski definition) is 3. The third-order valence-corrected chi connectivity index (χ3v) is 6.05. The zero-order chi connectivity index (χ0) is 24.1. The summed E-state index contributed by atoms with van der Waals surface area (Å²) in [4.78, 5) is 41.6. The molecule has 35 heavy (non-hydrogen) atoms. The van der Waals surface area contributed by atoms with Crippen LogP contribution in [-0.2, 0) is 20.8 Å². The van der Waals surface area contributed by atoms with E-state index in [2.05, 4.69) is 16.0 Å². The van der Waals surface area contributed by atoms with Gasteiger partial charge in [-0.2, -0.15) is 0 Å². The van der Waals surface area contributed by atoms with Gasteiger partial charge in [-0.15, -0.1) is 12.4 Å². The lowest BCUT2D eigenvalue weighted by molar-refractivity contribution is -0.129. The molecular formula is C27H29ClN4O3. The molecule has 0 aliphatic carbocycles. The number of amides is 3. The van der Waals surface area contributed by atoms with Gasteiger partial charge in [0.1, 0.15) is 12.1 Å². The quantitative estimate of drug-likeness (QED) is 0.471. The minimum absolute atomic E-state index is 0. The first-order valence-corrected chi connectivity index (χ1v) is 11.3. The molecule has 1 aliphatic heterocycles. The molecule has 0 radical (unpaired) electrons. The number of anilines is 2. The highest BCUT2D eigenvalue weighted by Crippen LogP contribution is 2.35. The summed E-state index contributed by atoms with van der Waals surface area (Å²) in [5.41, 5.74) is 2.89. The lowest BCUT2D eigenvalue weighted by Gasteiger charge is -2.30. The maximum atomic E-state index is 14.0.